The normalized spacial score (nSPS) is 16.4. The molecule has 0 radical (unpaired) electrons. The number of aromatic nitrogens is 2. The van der Waals surface area contributed by atoms with Crippen molar-refractivity contribution >= 4 is 11.6 Å². The van der Waals surface area contributed by atoms with Crippen LogP contribution in [0, 0.1) is 0 Å². The van der Waals surface area contributed by atoms with Crippen molar-refractivity contribution in [1.82, 2.24) is 15.3 Å². The first kappa shape index (κ1) is 19.2. The van der Waals surface area contributed by atoms with E-state index in [1.54, 1.807) is 13.4 Å². The van der Waals surface area contributed by atoms with Crippen molar-refractivity contribution in [1.29, 1.82) is 0 Å². The number of rotatable bonds is 9. The highest BCUT2D eigenvalue weighted by atomic mass is 16.5. The Bertz CT molecular complexity index is 740. The summed E-state index contributed by atoms with van der Waals surface area (Å²) in [5.41, 5.74) is 1.18. The van der Waals surface area contributed by atoms with Gasteiger partial charge in [0.05, 0.1) is 13.7 Å². The van der Waals surface area contributed by atoms with E-state index >= 15 is 0 Å². The highest BCUT2D eigenvalue weighted by Gasteiger charge is 2.25. The molecule has 1 aromatic carbocycles. The summed E-state index contributed by atoms with van der Waals surface area (Å²) in [6, 6.07) is 8.53. The SMILES string of the molecule is CCOc1cc(CNCC2CCCN2c2cc(NC)ncn2)ccc1OC. The third-order valence-electron chi connectivity index (χ3n) is 4.82. The summed E-state index contributed by atoms with van der Waals surface area (Å²) >= 11 is 0. The van der Waals surface area contributed by atoms with E-state index in [0.29, 0.717) is 12.6 Å². The van der Waals surface area contributed by atoms with Crippen molar-refractivity contribution < 1.29 is 9.47 Å². The van der Waals surface area contributed by atoms with Gasteiger partial charge >= 0.3 is 0 Å². The van der Waals surface area contributed by atoms with Gasteiger partial charge in [-0.15, -0.1) is 0 Å². The monoisotopic (exact) mass is 371 g/mol. The molecule has 0 amide bonds. The van der Waals surface area contributed by atoms with E-state index in [1.165, 1.54) is 18.4 Å². The third kappa shape index (κ3) is 4.80. The predicted molar refractivity (Wildman–Crippen MR) is 108 cm³/mol. The number of nitrogens with zero attached hydrogens (tertiary/aromatic N) is 3. The fourth-order valence-electron chi connectivity index (χ4n) is 3.47. The highest BCUT2D eigenvalue weighted by Crippen LogP contribution is 2.28. The highest BCUT2D eigenvalue weighted by molar-refractivity contribution is 5.49. The fraction of sp³-hybridized carbons (Fsp3) is 0.500. The van der Waals surface area contributed by atoms with Crippen LogP contribution in [-0.4, -0.2) is 49.9 Å². The lowest BCUT2D eigenvalue weighted by Gasteiger charge is -2.26. The Hall–Kier alpha value is -2.54. The Morgan fingerprint density at radius 3 is 2.89 bits per heavy atom. The standard InChI is InChI=1S/C20H29N5O2/c1-4-27-18-10-15(7-8-17(18)26-3)12-22-13-16-6-5-9-25(16)20-11-19(21-2)23-14-24-20/h7-8,10-11,14,16,22H,4-6,9,12-13H2,1-3H3,(H,21,23,24). The van der Waals surface area contributed by atoms with Gasteiger partial charge in [-0.2, -0.15) is 0 Å². The quantitative estimate of drug-likeness (QED) is 0.702. The number of hydrogen-bond donors (Lipinski definition) is 2. The van der Waals surface area contributed by atoms with Crippen molar-refractivity contribution in [3.8, 4) is 11.5 Å². The molecular formula is C20H29N5O2. The molecule has 1 unspecified atom stereocenters. The first-order valence-corrected chi connectivity index (χ1v) is 9.52. The van der Waals surface area contributed by atoms with Crippen LogP contribution >= 0.6 is 0 Å². The molecule has 0 bridgehead atoms. The average Bonchev–Trinajstić information content (AvgIpc) is 3.17. The minimum absolute atomic E-state index is 0.439. The molecule has 0 spiro atoms. The molecule has 0 aliphatic carbocycles. The van der Waals surface area contributed by atoms with Gasteiger partial charge in [-0.05, 0) is 37.5 Å². The Balaban J connectivity index is 1.58. The molecule has 3 rings (SSSR count). The van der Waals surface area contributed by atoms with E-state index < -0.39 is 0 Å². The lowest BCUT2D eigenvalue weighted by atomic mass is 10.1. The van der Waals surface area contributed by atoms with Gasteiger partial charge in [0.2, 0.25) is 0 Å². The summed E-state index contributed by atoms with van der Waals surface area (Å²) < 4.78 is 11.0. The van der Waals surface area contributed by atoms with Crippen LogP contribution in [0.4, 0.5) is 11.6 Å². The van der Waals surface area contributed by atoms with E-state index in [4.69, 9.17) is 9.47 Å². The van der Waals surface area contributed by atoms with Crippen LogP contribution < -0.4 is 25.0 Å². The second-order valence-electron chi connectivity index (χ2n) is 6.55. The Morgan fingerprint density at radius 1 is 1.22 bits per heavy atom. The van der Waals surface area contributed by atoms with Gasteiger partial charge in [-0.25, -0.2) is 9.97 Å². The van der Waals surface area contributed by atoms with Crippen LogP contribution in [0.25, 0.3) is 0 Å². The predicted octanol–water partition coefficient (Wildman–Crippen LogP) is 2.68. The summed E-state index contributed by atoms with van der Waals surface area (Å²) in [5, 5.41) is 6.66. The molecule has 2 heterocycles. The van der Waals surface area contributed by atoms with Gasteiger partial charge in [0.1, 0.15) is 18.0 Å². The second kappa shape index (κ2) is 9.41. The largest absolute Gasteiger partial charge is 0.493 e. The van der Waals surface area contributed by atoms with E-state index in [2.05, 4.69) is 31.6 Å². The van der Waals surface area contributed by atoms with Crippen LogP contribution in [0.3, 0.4) is 0 Å². The first-order valence-electron chi connectivity index (χ1n) is 9.52. The third-order valence-corrected chi connectivity index (χ3v) is 4.82. The van der Waals surface area contributed by atoms with Crippen LogP contribution in [0.1, 0.15) is 25.3 Å². The van der Waals surface area contributed by atoms with Gasteiger partial charge < -0.3 is 25.0 Å². The maximum Gasteiger partial charge on any atom is 0.161 e. The zero-order chi connectivity index (χ0) is 19.1. The summed E-state index contributed by atoms with van der Waals surface area (Å²) in [6.07, 6.45) is 3.97. The average molecular weight is 371 g/mol. The van der Waals surface area contributed by atoms with Gasteiger partial charge in [0, 0.05) is 38.8 Å². The number of nitrogens with one attached hydrogen (secondary N) is 2. The Morgan fingerprint density at radius 2 is 2.11 bits per heavy atom. The molecule has 1 saturated heterocycles. The molecule has 146 valence electrons. The first-order chi connectivity index (χ1) is 13.2. The van der Waals surface area contributed by atoms with Crippen molar-refractivity contribution in [3.05, 3.63) is 36.2 Å². The lowest BCUT2D eigenvalue weighted by Crippen LogP contribution is -2.38. The number of methoxy groups -OCH3 is 1. The smallest absolute Gasteiger partial charge is 0.161 e. The minimum Gasteiger partial charge on any atom is -0.493 e. The maximum absolute atomic E-state index is 5.66. The molecule has 1 aliphatic heterocycles. The van der Waals surface area contributed by atoms with Crippen LogP contribution in [0.2, 0.25) is 0 Å². The second-order valence-corrected chi connectivity index (χ2v) is 6.55. The molecular weight excluding hydrogens is 342 g/mol. The molecule has 2 N–H and O–H groups in total. The molecule has 1 aromatic heterocycles. The Labute approximate surface area is 161 Å². The molecule has 1 aliphatic rings. The van der Waals surface area contributed by atoms with Crippen molar-refractivity contribution in [2.24, 2.45) is 0 Å². The van der Waals surface area contributed by atoms with Gasteiger partial charge in [-0.3, -0.25) is 0 Å². The van der Waals surface area contributed by atoms with E-state index in [1.807, 2.05) is 32.2 Å². The molecule has 7 heteroatoms. The van der Waals surface area contributed by atoms with E-state index in [0.717, 1.165) is 42.8 Å². The molecule has 1 fully saturated rings. The van der Waals surface area contributed by atoms with Gasteiger partial charge in [0.15, 0.2) is 11.5 Å². The topological polar surface area (TPSA) is 71.5 Å². The zero-order valence-electron chi connectivity index (χ0n) is 16.4. The minimum atomic E-state index is 0.439. The zero-order valence-corrected chi connectivity index (χ0v) is 16.4. The molecule has 7 nitrogen and oxygen atoms in total. The van der Waals surface area contributed by atoms with E-state index in [-0.39, 0.29) is 0 Å². The summed E-state index contributed by atoms with van der Waals surface area (Å²) in [7, 11) is 3.54. The van der Waals surface area contributed by atoms with Crippen LogP contribution in [0.15, 0.2) is 30.6 Å². The maximum atomic E-state index is 5.66. The lowest BCUT2D eigenvalue weighted by molar-refractivity contribution is 0.310. The summed E-state index contributed by atoms with van der Waals surface area (Å²) in [4.78, 5) is 11.0. The van der Waals surface area contributed by atoms with Crippen molar-refractivity contribution in [2.75, 3.05) is 44.1 Å². The number of anilines is 2. The molecule has 27 heavy (non-hydrogen) atoms. The Kier molecular flexibility index (Phi) is 6.70. The van der Waals surface area contributed by atoms with Gasteiger partial charge in [0.25, 0.3) is 0 Å². The fourth-order valence-corrected chi connectivity index (χ4v) is 3.47. The number of benzene rings is 1. The molecule has 0 saturated carbocycles. The van der Waals surface area contributed by atoms with Crippen LogP contribution in [0.5, 0.6) is 11.5 Å². The van der Waals surface area contributed by atoms with Crippen LogP contribution in [-0.2, 0) is 6.54 Å². The van der Waals surface area contributed by atoms with Gasteiger partial charge in [-0.1, -0.05) is 6.07 Å². The van der Waals surface area contributed by atoms with Crippen molar-refractivity contribution in [2.45, 2.75) is 32.4 Å². The number of ether oxygens (including phenoxy) is 2. The van der Waals surface area contributed by atoms with E-state index in [9.17, 15) is 0 Å². The van der Waals surface area contributed by atoms with Crippen molar-refractivity contribution in [3.63, 3.8) is 0 Å². The number of hydrogen-bond acceptors (Lipinski definition) is 7. The summed E-state index contributed by atoms with van der Waals surface area (Å²) in [6.45, 7) is 5.34. The molecule has 1 atom stereocenters. The summed E-state index contributed by atoms with van der Waals surface area (Å²) in [5.74, 6) is 3.40. The molecule has 2 aromatic rings.